The number of imide groups is 1. The quantitative estimate of drug-likeness (QED) is 0.632. The van der Waals surface area contributed by atoms with Crippen molar-refractivity contribution in [3.8, 4) is 0 Å². The molecule has 2 aliphatic rings. The Morgan fingerprint density at radius 2 is 1.31 bits per heavy atom. The van der Waals surface area contributed by atoms with Crippen molar-refractivity contribution >= 4 is 17.7 Å². The molecule has 1 N–H and O–H groups in total. The SMILES string of the molecule is C[C@@H](C(=O)NC(c1ccccc1)c1ccccc1)N1C(=O)[C@H]2CC=CC[C@H]2C1=O. The highest BCUT2D eigenvalue weighted by atomic mass is 16.2. The highest BCUT2D eigenvalue weighted by molar-refractivity contribution is 6.08. The average Bonchev–Trinajstić information content (AvgIpc) is 3.03. The number of hydrogen-bond donors (Lipinski definition) is 1. The van der Waals surface area contributed by atoms with E-state index in [0.29, 0.717) is 12.8 Å². The van der Waals surface area contributed by atoms with Crippen LogP contribution in [-0.2, 0) is 14.4 Å². The lowest BCUT2D eigenvalue weighted by atomic mass is 9.85. The molecule has 1 aliphatic heterocycles. The maximum absolute atomic E-state index is 13.1. The zero-order valence-electron chi connectivity index (χ0n) is 16.3. The molecule has 4 rings (SSSR count). The van der Waals surface area contributed by atoms with Crippen LogP contribution in [0.3, 0.4) is 0 Å². The fraction of sp³-hybridized carbons (Fsp3) is 0.292. The number of nitrogens with zero attached hydrogens (tertiary/aromatic N) is 1. The number of likely N-dealkylation sites (tertiary alicyclic amines) is 1. The molecule has 1 aliphatic carbocycles. The Bertz CT molecular complexity index is 874. The fourth-order valence-electron chi connectivity index (χ4n) is 4.24. The molecular formula is C24H24N2O3. The smallest absolute Gasteiger partial charge is 0.243 e. The van der Waals surface area contributed by atoms with Gasteiger partial charge in [-0.2, -0.15) is 0 Å². The van der Waals surface area contributed by atoms with E-state index in [2.05, 4.69) is 5.32 Å². The molecule has 3 amide bonds. The van der Waals surface area contributed by atoms with Crippen LogP contribution < -0.4 is 5.32 Å². The summed E-state index contributed by atoms with van der Waals surface area (Å²) in [6.07, 6.45) is 5.02. The topological polar surface area (TPSA) is 66.5 Å². The van der Waals surface area contributed by atoms with Crippen LogP contribution in [0.1, 0.15) is 36.9 Å². The Kier molecular flexibility index (Phi) is 5.30. The minimum absolute atomic E-state index is 0.233. The van der Waals surface area contributed by atoms with Gasteiger partial charge in [0.25, 0.3) is 0 Å². The summed E-state index contributed by atoms with van der Waals surface area (Å²) < 4.78 is 0. The van der Waals surface area contributed by atoms with Crippen LogP contribution in [0.2, 0.25) is 0 Å². The molecule has 0 spiro atoms. The third-order valence-corrected chi connectivity index (χ3v) is 5.86. The second-order valence-corrected chi connectivity index (χ2v) is 7.64. The van der Waals surface area contributed by atoms with E-state index in [1.165, 1.54) is 4.90 Å². The van der Waals surface area contributed by atoms with Gasteiger partial charge in [0.15, 0.2) is 0 Å². The normalized spacial score (nSPS) is 21.9. The van der Waals surface area contributed by atoms with Crippen LogP contribution in [0.5, 0.6) is 0 Å². The highest BCUT2D eigenvalue weighted by Gasteiger charge is 2.50. The van der Waals surface area contributed by atoms with Crippen molar-refractivity contribution in [3.05, 3.63) is 83.9 Å². The van der Waals surface area contributed by atoms with Gasteiger partial charge in [0.2, 0.25) is 17.7 Å². The van der Waals surface area contributed by atoms with E-state index in [1.807, 2.05) is 72.8 Å². The lowest BCUT2D eigenvalue weighted by Crippen LogP contribution is -2.49. The number of benzene rings is 2. The number of carbonyl (C=O) groups excluding carboxylic acids is 3. The summed E-state index contributed by atoms with van der Waals surface area (Å²) in [5.41, 5.74) is 1.88. The summed E-state index contributed by atoms with van der Waals surface area (Å²) in [6, 6.07) is 18.1. The summed E-state index contributed by atoms with van der Waals surface area (Å²) in [4.78, 5) is 39.9. The highest BCUT2D eigenvalue weighted by Crippen LogP contribution is 2.36. The zero-order chi connectivity index (χ0) is 20.4. The lowest BCUT2D eigenvalue weighted by molar-refractivity contribution is -0.147. The summed E-state index contributed by atoms with van der Waals surface area (Å²) >= 11 is 0. The maximum Gasteiger partial charge on any atom is 0.243 e. The monoisotopic (exact) mass is 388 g/mol. The molecule has 5 heteroatoms. The van der Waals surface area contributed by atoms with Crippen LogP contribution in [0.4, 0.5) is 0 Å². The van der Waals surface area contributed by atoms with Gasteiger partial charge in [0, 0.05) is 0 Å². The van der Waals surface area contributed by atoms with Gasteiger partial charge in [-0.05, 0) is 30.9 Å². The first-order valence-electron chi connectivity index (χ1n) is 10.00. The Balaban J connectivity index is 1.56. The maximum atomic E-state index is 13.1. The van der Waals surface area contributed by atoms with Gasteiger partial charge in [-0.25, -0.2) is 0 Å². The van der Waals surface area contributed by atoms with E-state index in [4.69, 9.17) is 0 Å². The first kappa shape index (κ1) is 19.1. The Morgan fingerprint density at radius 1 is 0.862 bits per heavy atom. The van der Waals surface area contributed by atoms with E-state index in [-0.39, 0.29) is 35.6 Å². The van der Waals surface area contributed by atoms with Crippen molar-refractivity contribution in [3.63, 3.8) is 0 Å². The van der Waals surface area contributed by atoms with Crippen LogP contribution in [0, 0.1) is 11.8 Å². The van der Waals surface area contributed by atoms with E-state index >= 15 is 0 Å². The number of hydrogen-bond acceptors (Lipinski definition) is 3. The molecule has 148 valence electrons. The summed E-state index contributed by atoms with van der Waals surface area (Å²) in [6.45, 7) is 1.63. The molecular weight excluding hydrogens is 364 g/mol. The Labute approximate surface area is 170 Å². The van der Waals surface area contributed by atoms with Gasteiger partial charge in [0.05, 0.1) is 17.9 Å². The van der Waals surface area contributed by atoms with Crippen molar-refractivity contribution in [2.75, 3.05) is 0 Å². The van der Waals surface area contributed by atoms with Crippen molar-refractivity contribution in [1.29, 1.82) is 0 Å². The molecule has 5 nitrogen and oxygen atoms in total. The third kappa shape index (κ3) is 3.60. The van der Waals surface area contributed by atoms with Crippen molar-refractivity contribution in [2.24, 2.45) is 11.8 Å². The molecule has 1 saturated heterocycles. The van der Waals surface area contributed by atoms with Gasteiger partial charge >= 0.3 is 0 Å². The number of amides is 3. The van der Waals surface area contributed by atoms with Crippen LogP contribution in [0.25, 0.3) is 0 Å². The van der Waals surface area contributed by atoms with E-state index in [0.717, 1.165) is 11.1 Å². The molecule has 0 radical (unpaired) electrons. The van der Waals surface area contributed by atoms with Gasteiger partial charge in [-0.1, -0.05) is 72.8 Å². The van der Waals surface area contributed by atoms with E-state index in [1.54, 1.807) is 6.92 Å². The number of allylic oxidation sites excluding steroid dienone is 2. The average molecular weight is 388 g/mol. The third-order valence-electron chi connectivity index (χ3n) is 5.86. The predicted molar refractivity (Wildman–Crippen MR) is 110 cm³/mol. The molecule has 29 heavy (non-hydrogen) atoms. The van der Waals surface area contributed by atoms with E-state index in [9.17, 15) is 14.4 Å². The molecule has 1 heterocycles. The summed E-state index contributed by atoms with van der Waals surface area (Å²) in [5, 5.41) is 3.05. The summed E-state index contributed by atoms with van der Waals surface area (Å²) in [5.74, 6) is -1.47. The number of carbonyl (C=O) groups is 3. The van der Waals surface area contributed by atoms with E-state index < -0.39 is 6.04 Å². The van der Waals surface area contributed by atoms with Crippen LogP contribution in [-0.4, -0.2) is 28.7 Å². The number of nitrogens with one attached hydrogen (secondary N) is 1. The second-order valence-electron chi connectivity index (χ2n) is 7.64. The molecule has 2 aromatic carbocycles. The molecule has 0 unspecified atom stereocenters. The first-order valence-corrected chi connectivity index (χ1v) is 10.00. The van der Waals surface area contributed by atoms with Crippen molar-refractivity contribution in [2.45, 2.75) is 31.8 Å². The predicted octanol–water partition coefficient (Wildman–Crippen LogP) is 3.23. The molecule has 0 saturated carbocycles. The van der Waals surface area contributed by atoms with Crippen molar-refractivity contribution < 1.29 is 14.4 Å². The Hall–Kier alpha value is -3.21. The Morgan fingerprint density at radius 3 is 1.76 bits per heavy atom. The molecule has 0 bridgehead atoms. The molecule has 2 aromatic rings. The minimum Gasteiger partial charge on any atom is -0.343 e. The minimum atomic E-state index is -0.851. The summed E-state index contributed by atoms with van der Waals surface area (Å²) in [7, 11) is 0. The fourth-order valence-corrected chi connectivity index (χ4v) is 4.24. The van der Waals surface area contributed by atoms with Gasteiger partial charge in [-0.3, -0.25) is 19.3 Å². The van der Waals surface area contributed by atoms with Crippen LogP contribution >= 0.6 is 0 Å². The van der Waals surface area contributed by atoms with Crippen molar-refractivity contribution in [1.82, 2.24) is 10.2 Å². The molecule has 1 fully saturated rings. The number of fused-ring (bicyclic) bond motifs is 1. The van der Waals surface area contributed by atoms with Gasteiger partial charge in [-0.15, -0.1) is 0 Å². The van der Waals surface area contributed by atoms with Gasteiger partial charge < -0.3 is 5.32 Å². The second kappa shape index (κ2) is 8.03. The first-order chi connectivity index (χ1) is 14.1. The van der Waals surface area contributed by atoms with Gasteiger partial charge in [0.1, 0.15) is 6.04 Å². The number of rotatable bonds is 5. The molecule has 0 aromatic heterocycles. The largest absolute Gasteiger partial charge is 0.343 e. The standard InChI is InChI=1S/C24H24N2O3/c1-16(26-23(28)19-14-8-9-15-20(19)24(26)29)22(27)25-21(17-10-4-2-5-11-17)18-12-6-3-7-13-18/h2-13,16,19-21H,14-15H2,1H3,(H,25,27)/t16-,19-,20+/m0/s1. The van der Waals surface area contributed by atoms with Crippen LogP contribution in [0.15, 0.2) is 72.8 Å². The zero-order valence-corrected chi connectivity index (χ0v) is 16.3. The lowest BCUT2D eigenvalue weighted by Gasteiger charge is -2.26. The molecule has 3 atom stereocenters.